The van der Waals surface area contributed by atoms with E-state index in [9.17, 15) is 24.6 Å². The number of fused-ring (bicyclic) bond motifs is 2. The third-order valence-electron chi connectivity index (χ3n) is 11.7. The summed E-state index contributed by atoms with van der Waals surface area (Å²) < 4.78 is 17.1. The molecule has 286 valence electrons. The number of benzene rings is 4. The first-order valence-corrected chi connectivity index (χ1v) is 19.0. The Morgan fingerprint density at radius 1 is 0.926 bits per heavy atom. The number of carbonyl (C=O) groups excluding carboxylic acids is 2. The fourth-order valence-electron chi connectivity index (χ4n) is 8.55. The van der Waals surface area contributed by atoms with Crippen LogP contribution in [0.2, 0.25) is 0 Å². The number of methoxy groups -OCH3 is 1. The number of hydrogen-bond acceptors (Lipinski definition) is 8. The van der Waals surface area contributed by atoms with Gasteiger partial charge in [-0.3, -0.25) is 0 Å². The summed E-state index contributed by atoms with van der Waals surface area (Å²) in [6, 6.07) is 23.5. The predicted octanol–water partition coefficient (Wildman–Crippen LogP) is 9.29. The molecule has 0 radical (unpaired) electrons. The number of carboxylic acid groups (broad SMARTS) is 1. The first-order valence-electron chi connectivity index (χ1n) is 19.0. The maximum atomic E-state index is 14.5. The number of phenols is 1. The zero-order valence-corrected chi connectivity index (χ0v) is 31.9. The van der Waals surface area contributed by atoms with Crippen molar-refractivity contribution in [1.29, 1.82) is 0 Å². The quantitative estimate of drug-likeness (QED) is 0.0806. The Bertz CT molecular complexity index is 2010. The molecule has 2 aliphatic carbocycles. The van der Waals surface area contributed by atoms with E-state index in [0.717, 1.165) is 67.8 Å². The van der Waals surface area contributed by atoms with Crippen LogP contribution in [0, 0.1) is 17.3 Å². The molecule has 0 heterocycles. The van der Waals surface area contributed by atoms with Crippen LogP contribution in [0.25, 0.3) is 10.8 Å². The summed E-state index contributed by atoms with van der Waals surface area (Å²) in [5.74, 6) is -0.932. The van der Waals surface area contributed by atoms with E-state index in [4.69, 9.17) is 14.2 Å². The summed E-state index contributed by atoms with van der Waals surface area (Å²) in [6.07, 6.45) is 5.62. The van der Waals surface area contributed by atoms with Gasteiger partial charge in [0.25, 0.3) is 0 Å². The number of ether oxygens (including phenoxy) is 3. The van der Waals surface area contributed by atoms with Gasteiger partial charge >= 0.3 is 18.0 Å². The first kappa shape index (κ1) is 38.6. The molecule has 2 fully saturated rings. The Balaban J connectivity index is 1.14. The number of unbranched alkanes of at least 4 members (excludes halogenated alkanes) is 1. The summed E-state index contributed by atoms with van der Waals surface area (Å²) in [5.41, 5.74) is 1.31. The zero-order valence-electron chi connectivity index (χ0n) is 31.9. The fourth-order valence-corrected chi connectivity index (χ4v) is 8.55. The van der Waals surface area contributed by atoms with Crippen molar-refractivity contribution in [3.05, 3.63) is 95.6 Å². The minimum Gasteiger partial charge on any atom is -0.507 e. The number of phenolic OH excluding ortho intramolecular Hbond substituents is 1. The lowest BCUT2D eigenvalue weighted by atomic mass is 9.88. The molecule has 4 atom stereocenters. The van der Waals surface area contributed by atoms with E-state index in [1.54, 1.807) is 30.3 Å². The van der Waals surface area contributed by atoms with Crippen molar-refractivity contribution in [3.8, 4) is 11.5 Å². The number of aryl methyl sites for hydroxylation is 1. The average Bonchev–Trinajstić information content (AvgIpc) is 3.63. The van der Waals surface area contributed by atoms with Gasteiger partial charge in [-0.15, -0.1) is 0 Å². The lowest BCUT2D eigenvalue weighted by Crippen LogP contribution is -2.37. The van der Waals surface area contributed by atoms with Crippen LogP contribution < -0.4 is 15.0 Å². The molecule has 54 heavy (non-hydrogen) atoms. The van der Waals surface area contributed by atoms with E-state index in [1.165, 1.54) is 24.1 Å². The van der Waals surface area contributed by atoms with Gasteiger partial charge in [0.2, 0.25) is 0 Å². The highest BCUT2D eigenvalue weighted by atomic mass is 16.6. The molecule has 0 aromatic heterocycles. The predicted molar refractivity (Wildman–Crippen MR) is 209 cm³/mol. The molecule has 0 bridgehead atoms. The van der Waals surface area contributed by atoms with Gasteiger partial charge in [0, 0.05) is 22.8 Å². The number of carbonyl (C=O) groups is 3. The molecule has 4 aromatic carbocycles. The largest absolute Gasteiger partial charge is 0.507 e. The van der Waals surface area contributed by atoms with Gasteiger partial charge < -0.3 is 29.7 Å². The van der Waals surface area contributed by atoms with E-state index in [2.05, 4.69) is 39.1 Å². The lowest BCUT2D eigenvalue weighted by Gasteiger charge is -2.32. The number of anilines is 2. The minimum absolute atomic E-state index is 0.0272. The van der Waals surface area contributed by atoms with Crippen molar-refractivity contribution >= 4 is 40.2 Å². The first-order chi connectivity index (χ1) is 25.9. The number of aromatic hydroxyl groups is 1. The van der Waals surface area contributed by atoms with Crippen LogP contribution in [0.15, 0.2) is 78.9 Å². The van der Waals surface area contributed by atoms with Crippen LogP contribution in [-0.2, 0) is 15.9 Å². The molecular weight excluding hydrogens is 684 g/mol. The summed E-state index contributed by atoms with van der Waals surface area (Å²) >= 11 is 0. The van der Waals surface area contributed by atoms with Crippen molar-refractivity contribution in [2.24, 2.45) is 17.3 Å². The second-order valence-corrected chi connectivity index (χ2v) is 15.5. The highest BCUT2D eigenvalue weighted by molar-refractivity contribution is 6.10. The average molecular weight is 737 g/mol. The second-order valence-electron chi connectivity index (χ2n) is 15.5. The molecule has 3 N–H and O–H groups in total. The van der Waals surface area contributed by atoms with Crippen molar-refractivity contribution in [2.75, 3.05) is 25.2 Å². The number of esters is 1. The minimum atomic E-state index is -1.11. The third kappa shape index (κ3) is 7.62. The molecule has 10 heteroatoms. The van der Waals surface area contributed by atoms with E-state index in [1.807, 2.05) is 30.3 Å². The van der Waals surface area contributed by atoms with Crippen molar-refractivity contribution in [3.63, 3.8) is 0 Å². The number of rotatable bonds is 15. The maximum Gasteiger partial charge on any atom is 0.419 e. The van der Waals surface area contributed by atoms with Gasteiger partial charge in [-0.25, -0.2) is 19.3 Å². The summed E-state index contributed by atoms with van der Waals surface area (Å²) in [7, 11) is 1.26. The van der Waals surface area contributed by atoms with Gasteiger partial charge in [-0.1, -0.05) is 75.7 Å². The molecule has 4 unspecified atom stereocenters. The molecule has 10 nitrogen and oxygen atoms in total. The molecule has 0 aliphatic heterocycles. The van der Waals surface area contributed by atoms with Gasteiger partial charge in [0.1, 0.15) is 22.7 Å². The number of nitrogens with zero attached hydrogens (tertiary/aromatic N) is 1. The SMILES string of the molecule is COC(=O)c1c(O)cccc1OCCCCNC(C)CCc1ccc(N(C(=O)OC23CC(C)CCC2C3(C)C)c2ccccc2C(=O)O)c2ccccc12. The van der Waals surface area contributed by atoms with E-state index in [-0.39, 0.29) is 39.9 Å². The number of aromatic carboxylic acids is 1. The normalized spacial score (nSPS) is 20.4. The highest BCUT2D eigenvalue weighted by Gasteiger charge is 2.75. The number of amides is 1. The lowest BCUT2D eigenvalue weighted by molar-refractivity contribution is 0.0329. The molecule has 2 aliphatic rings. The van der Waals surface area contributed by atoms with Crippen molar-refractivity contribution < 1.29 is 38.8 Å². The van der Waals surface area contributed by atoms with Crippen LogP contribution in [0.4, 0.5) is 16.2 Å². The molecule has 0 spiro atoms. The van der Waals surface area contributed by atoms with Gasteiger partial charge in [-0.2, -0.15) is 0 Å². The number of nitrogens with one attached hydrogen (secondary N) is 1. The van der Waals surface area contributed by atoms with Crippen molar-refractivity contribution in [2.45, 2.75) is 84.3 Å². The van der Waals surface area contributed by atoms with Crippen LogP contribution in [0.5, 0.6) is 11.5 Å². The molecule has 1 amide bonds. The Morgan fingerprint density at radius 2 is 1.67 bits per heavy atom. The van der Waals surface area contributed by atoms with Crippen LogP contribution in [-0.4, -0.2) is 60.1 Å². The van der Waals surface area contributed by atoms with Crippen LogP contribution in [0.3, 0.4) is 0 Å². The van der Waals surface area contributed by atoms with Gasteiger partial charge in [0.15, 0.2) is 0 Å². The molecular formula is C44H52N2O8. The molecule has 2 saturated carbocycles. The van der Waals surface area contributed by atoms with Crippen LogP contribution >= 0.6 is 0 Å². The summed E-state index contributed by atoms with van der Waals surface area (Å²) in [6.45, 7) is 9.89. The fraction of sp³-hybridized carbons (Fsp3) is 0.432. The van der Waals surface area contributed by atoms with E-state index >= 15 is 0 Å². The Labute approximate surface area is 317 Å². The molecule has 0 saturated heterocycles. The number of hydrogen-bond donors (Lipinski definition) is 3. The smallest absolute Gasteiger partial charge is 0.419 e. The highest BCUT2D eigenvalue weighted by Crippen LogP contribution is 2.71. The Hall–Kier alpha value is -5.09. The second kappa shape index (κ2) is 16.1. The van der Waals surface area contributed by atoms with E-state index in [0.29, 0.717) is 24.0 Å². The molecule has 4 aromatic rings. The van der Waals surface area contributed by atoms with Crippen LogP contribution in [0.1, 0.15) is 92.5 Å². The summed E-state index contributed by atoms with van der Waals surface area (Å²) in [4.78, 5) is 40.5. The third-order valence-corrected chi connectivity index (χ3v) is 11.7. The van der Waals surface area contributed by atoms with E-state index < -0.39 is 23.6 Å². The Morgan fingerprint density at radius 3 is 2.43 bits per heavy atom. The number of carboxylic acids is 1. The standard InChI is InChI=1S/C44H52N2O8/c1-28-19-24-38-43(3,4)44(38,27-28)54-42(51)46(34-16-9-8-15-33(34)40(48)49)35-23-22-30(31-13-6-7-14-32(31)35)21-20-29(2)45-25-10-11-26-53-37-18-12-17-36(47)39(37)41(50)52-5/h6-9,12-18,22-23,28-29,38,45,47H,10-11,19-21,24-27H2,1-5H3,(H,48,49). The Kier molecular flexibility index (Phi) is 11.5. The zero-order chi connectivity index (χ0) is 38.6. The van der Waals surface area contributed by atoms with Gasteiger partial charge in [0.05, 0.1) is 30.7 Å². The van der Waals surface area contributed by atoms with Gasteiger partial charge in [-0.05, 0) is 99.2 Å². The summed E-state index contributed by atoms with van der Waals surface area (Å²) in [5, 5.41) is 25.7. The topological polar surface area (TPSA) is 135 Å². The monoisotopic (exact) mass is 736 g/mol. The molecule has 6 rings (SSSR count). The van der Waals surface area contributed by atoms with Crippen molar-refractivity contribution in [1.82, 2.24) is 5.32 Å². The number of para-hydroxylation sites is 1. The maximum absolute atomic E-state index is 14.5.